The van der Waals surface area contributed by atoms with Crippen molar-refractivity contribution in [2.75, 3.05) is 11.9 Å². The molecule has 0 fully saturated rings. The van der Waals surface area contributed by atoms with Gasteiger partial charge in [0, 0.05) is 21.8 Å². The molecule has 1 aromatic carbocycles. The summed E-state index contributed by atoms with van der Waals surface area (Å²) < 4.78 is 5.68. The molecule has 0 spiro atoms. The topological polar surface area (TPSA) is 43.4 Å². The number of Topliss-reactive ketones (excluding diaryl/α,β-unsaturated/α-hetero) is 1. The third-order valence-corrected chi connectivity index (χ3v) is 3.11. The van der Waals surface area contributed by atoms with E-state index in [1.54, 1.807) is 19.1 Å². The molecule has 0 amide bonds. The van der Waals surface area contributed by atoms with E-state index in [1.807, 2.05) is 6.07 Å². The second-order valence-electron chi connectivity index (χ2n) is 3.69. The monoisotopic (exact) mass is 376 g/mol. The number of carbonyl (C=O) groups excluding carboxylic acids is 2. The largest absolute Gasteiger partial charge is 0.466 e. The first kappa shape index (κ1) is 15.4. The molecule has 1 aromatic rings. The van der Waals surface area contributed by atoms with E-state index in [4.69, 9.17) is 4.74 Å². The predicted octanol–water partition coefficient (Wildman–Crippen LogP) is 3.52. The number of ether oxygens (including phenoxy) is 1. The highest BCUT2D eigenvalue weighted by molar-refractivity contribution is 9.10. The Bertz CT molecular complexity index is 444. The van der Waals surface area contributed by atoms with E-state index in [0.717, 1.165) is 10.0 Å². The molecule has 0 saturated heterocycles. The van der Waals surface area contributed by atoms with Crippen LogP contribution in [0.2, 0.25) is 0 Å². The van der Waals surface area contributed by atoms with Crippen LogP contribution in [0.1, 0.15) is 29.3 Å². The molecule has 0 aliphatic heterocycles. The molecular formula is C13H14Br2O3. The van der Waals surface area contributed by atoms with Crippen molar-refractivity contribution in [2.45, 2.75) is 19.8 Å². The van der Waals surface area contributed by atoms with Gasteiger partial charge in [0.05, 0.1) is 13.0 Å². The van der Waals surface area contributed by atoms with Crippen LogP contribution < -0.4 is 0 Å². The summed E-state index contributed by atoms with van der Waals surface area (Å²) in [6, 6.07) is 5.33. The Labute approximate surface area is 123 Å². The van der Waals surface area contributed by atoms with Gasteiger partial charge < -0.3 is 4.74 Å². The van der Waals surface area contributed by atoms with Gasteiger partial charge in [0.25, 0.3) is 0 Å². The van der Waals surface area contributed by atoms with Gasteiger partial charge in [0.1, 0.15) is 0 Å². The van der Waals surface area contributed by atoms with Crippen molar-refractivity contribution in [3.63, 3.8) is 0 Å². The number of benzene rings is 1. The van der Waals surface area contributed by atoms with Gasteiger partial charge in [-0.05, 0) is 30.7 Å². The van der Waals surface area contributed by atoms with E-state index in [1.165, 1.54) is 0 Å². The van der Waals surface area contributed by atoms with E-state index < -0.39 is 0 Å². The summed E-state index contributed by atoms with van der Waals surface area (Å²) in [6.07, 6.45) is 0.622. The molecule has 0 unspecified atom stereocenters. The Morgan fingerprint density at radius 2 is 2.00 bits per heavy atom. The first-order valence-corrected chi connectivity index (χ1v) is 7.52. The lowest BCUT2D eigenvalue weighted by Crippen LogP contribution is -2.08. The quantitative estimate of drug-likeness (QED) is 0.432. The summed E-state index contributed by atoms with van der Waals surface area (Å²) in [6.45, 7) is 2.13. The lowest BCUT2D eigenvalue weighted by atomic mass is 10.0. The van der Waals surface area contributed by atoms with Crippen LogP contribution in [-0.2, 0) is 16.0 Å². The summed E-state index contributed by atoms with van der Waals surface area (Å²) in [7, 11) is 0. The molecule has 0 aliphatic rings. The van der Waals surface area contributed by atoms with Gasteiger partial charge in [0.15, 0.2) is 5.78 Å². The molecule has 0 bridgehead atoms. The number of esters is 1. The SMILES string of the molecule is CCOC(=O)Cc1cc(Br)cc(C(=O)CCBr)c1. The van der Waals surface area contributed by atoms with Crippen LogP contribution in [0.5, 0.6) is 0 Å². The van der Waals surface area contributed by atoms with E-state index in [9.17, 15) is 9.59 Å². The van der Waals surface area contributed by atoms with E-state index in [0.29, 0.717) is 23.9 Å². The highest BCUT2D eigenvalue weighted by Crippen LogP contribution is 2.18. The Balaban J connectivity index is 2.87. The molecule has 1 rings (SSSR count). The van der Waals surface area contributed by atoms with E-state index in [-0.39, 0.29) is 18.2 Å². The third-order valence-electron chi connectivity index (χ3n) is 2.25. The van der Waals surface area contributed by atoms with Crippen molar-refractivity contribution in [2.24, 2.45) is 0 Å². The second-order valence-corrected chi connectivity index (χ2v) is 5.40. The van der Waals surface area contributed by atoms with Crippen molar-refractivity contribution >= 4 is 43.6 Å². The molecule has 0 saturated carbocycles. The van der Waals surface area contributed by atoms with Crippen LogP contribution >= 0.6 is 31.9 Å². The van der Waals surface area contributed by atoms with Crippen LogP contribution in [0.3, 0.4) is 0 Å². The summed E-state index contributed by atoms with van der Waals surface area (Å²) in [5.74, 6) is -0.229. The minimum atomic E-state index is -0.283. The molecule has 0 atom stereocenters. The van der Waals surface area contributed by atoms with Gasteiger partial charge in [-0.25, -0.2) is 0 Å². The Morgan fingerprint density at radius 3 is 2.61 bits per heavy atom. The highest BCUT2D eigenvalue weighted by atomic mass is 79.9. The Hall–Kier alpha value is -0.680. The smallest absolute Gasteiger partial charge is 0.310 e. The molecular weight excluding hydrogens is 364 g/mol. The molecule has 0 aromatic heterocycles. The zero-order valence-electron chi connectivity index (χ0n) is 10.0. The number of ketones is 1. The number of hydrogen-bond acceptors (Lipinski definition) is 3. The molecule has 0 N–H and O–H groups in total. The van der Waals surface area contributed by atoms with Crippen molar-refractivity contribution < 1.29 is 14.3 Å². The van der Waals surface area contributed by atoms with Gasteiger partial charge in [-0.3, -0.25) is 9.59 Å². The van der Waals surface area contributed by atoms with Crippen molar-refractivity contribution in [3.8, 4) is 0 Å². The zero-order valence-corrected chi connectivity index (χ0v) is 13.2. The number of halogens is 2. The minimum absolute atomic E-state index is 0.0540. The van der Waals surface area contributed by atoms with Crippen molar-refractivity contribution in [1.82, 2.24) is 0 Å². The summed E-state index contributed by atoms with van der Waals surface area (Å²) >= 11 is 6.58. The number of hydrogen-bond donors (Lipinski definition) is 0. The van der Waals surface area contributed by atoms with Crippen molar-refractivity contribution in [1.29, 1.82) is 0 Å². The maximum atomic E-state index is 11.8. The molecule has 0 heterocycles. The van der Waals surface area contributed by atoms with E-state index >= 15 is 0 Å². The van der Waals surface area contributed by atoms with Crippen LogP contribution in [0, 0.1) is 0 Å². The molecule has 18 heavy (non-hydrogen) atoms. The normalized spacial score (nSPS) is 10.2. The second kappa shape index (κ2) is 7.69. The van der Waals surface area contributed by atoms with Gasteiger partial charge in [0.2, 0.25) is 0 Å². The van der Waals surface area contributed by atoms with Crippen molar-refractivity contribution in [3.05, 3.63) is 33.8 Å². The lowest BCUT2D eigenvalue weighted by Gasteiger charge is -2.06. The molecule has 0 radical (unpaired) electrons. The van der Waals surface area contributed by atoms with Gasteiger partial charge in [-0.15, -0.1) is 0 Å². The minimum Gasteiger partial charge on any atom is -0.466 e. The highest BCUT2D eigenvalue weighted by Gasteiger charge is 2.10. The number of carbonyl (C=O) groups is 2. The summed E-state index contributed by atoms with van der Waals surface area (Å²) in [5, 5.41) is 0.631. The molecule has 5 heteroatoms. The van der Waals surface area contributed by atoms with Crippen LogP contribution in [0.15, 0.2) is 22.7 Å². The van der Waals surface area contributed by atoms with E-state index in [2.05, 4.69) is 31.9 Å². The summed E-state index contributed by atoms with van der Waals surface area (Å²) in [5.41, 5.74) is 1.39. The number of rotatable bonds is 6. The lowest BCUT2D eigenvalue weighted by molar-refractivity contribution is -0.142. The first-order chi connectivity index (χ1) is 8.56. The maximum Gasteiger partial charge on any atom is 0.310 e. The molecule has 98 valence electrons. The predicted molar refractivity (Wildman–Crippen MR) is 77.2 cm³/mol. The average molecular weight is 378 g/mol. The maximum absolute atomic E-state index is 11.8. The Morgan fingerprint density at radius 1 is 1.28 bits per heavy atom. The fourth-order valence-corrected chi connectivity index (χ4v) is 2.42. The zero-order chi connectivity index (χ0) is 13.5. The van der Waals surface area contributed by atoms with Gasteiger partial charge in [-0.1, -0.05) is 31.9 Å². The fraction of sp³-hybridized carbons (Fsp3) is 0.385. The molecule has 3 nitrogen and oxygen atoms in total. The third kappa shape index (κ3) is 4.90. The first-order valence-electron chi connectivity index (χ1n) is 5.61. The summed E-state index contributed by atoms with van der Waals surface area (Å²) in [4.78, 5) is 23.2. The van der Waals surface area contributed by atoms with Gasteiger partial charge >= 0.3 is 5.97 Å². The fourth-order valence-electron chi connectivity index (χ4n) is 1.52. The van der Waals surface area contributed by atoms with Crippen LogP contribution in [0.4, 0.5) is 0 Å². The van der Waals surface area contributed by atoms with Gasteiger partial charge in [-0.2, -0.15) is 0 Å². The Kier molecular flexibility index (Phi) is 6.57. The molecule has 0 aliphatic carbocycles. The number of alkyl halides is 1. The van der Waals surface area contributed by atoms with Crippen LogP contribution in [0.25, 0.3) is 0 Å². The van der Waals surface area contributed by atoms with Crippen LogP contribution in [-0.4, -0.2) is 23.7 Å². The average Bonchev–Trinajstić information content (AvgIpc) is 2.28. The standard InChI is InChI=1S/C13H14Br2O3/c1-2-18-13(17)7-9-5-10(8-11(15)6-9)12(16)3-4-14/h5-6,8H,2-4,7H2,1H3.